The van der Waals surface area contributed by atoms with E-state index in [1.165, 1.54) is 70.6 Å². The highest BCUT2D eigenvalue weighted by molar-refractivity contribution is 4.83. The molecule has 17 heavy (non-hydrogen) atoms. The minimum atomic E-state index is 1.25. The lowest BCUT2D eigenvalue weighted by atomic mass is 10.1. The molecule has 0 rings (SSSR count). The van der Waals surface area contributed by atoms with Crippen LogP contribution in [0.25, 0.3) is 0 Å². The zero-order chi connectivity index (χ0) is 12.6. The second-order valence-electron chi connectivity index (χ2n) is 4.87. The van der Waals surface area contributed by atoms with Gasteiger partial charge < -0.3 is 0 Å². The maximum atomic E-state index is 2.38. The van der Waals surface area contributed by atoms with Gasteiger partial charge in [0.15, 0.2) is 0 Å². The number of allylic oxidation sites excluding steroid dienone is 4. The van der Waals surface area contributed by atoms with Crippen molar-refractivity contribution in [3.05, 3.63) is 24.3 Å². The summed E-state index contributed by atoms with van der Waals surface area (Å²) in [6, 6.07) is 0. The van der Waals surface area contributed by atoms with Gasteiger partial charge in [-0.3, -0.25) is 0 Å². The van der Waals surface area contributed by atoms with Crippen LogP contribution < -0.4 is 0 Å². The third-order valence-corrected chi connectivity index (χ3v) is 3.00. The third-order valence-electron chi connectivity index (χ3n) is 3.00. The van der Waals surface area contributed by atoms with Crippen molar-refractivity contribution < 1.29 is 0 Å². The summed E-state index contributed by atoms with van der Waals surface area (Å²) in [4.78, 5) is 0. The van der Waals surface area contributed by atoms with Crippen LogP contribution in [-0.4, -0.2) is 0 Å². The Bertz CT molecular complexity index is 176. The Kier molecular flexibility index (Phi) is 15.0. The van der Waals surface area contributed by atoms with E-state index in [0.29, 0.717) is 0 Å². The van der Waals surface area contributed by atoms with Gasteiger partial charge in [0.05, 0.1) is 0 Å². The van der Waals surface area contributed by atoms with Gasteiger partial charge in [-0.05, 0) is 44.9 Å². The number of hydrogen-bond acceptors (Lipinski definition) is 0. The molecule has 0 saturated heterocycles. The van der Waals surface area contributed by atoms with Gasteiger partial charge in [-0.1, -0.05) is 63.8 Å². The highest BCUT2D eigenvalue weighted by Gasteiger charge is 1.86. The van der Waals surface area contributed by atoms with Crippen molar-refractivity contribution in [1.82, 2.24) is 0 Å². The molecule has 0 aliphatic rings. The molecule has 0 N–H and O–H groups in total. The van der Waals surface area contributed by atoms with Crippen LogP contribution >= 0.6 is 0 Å². The highest BCUT2D eigenvalue weighted by atomic mass is 13.9. The molecule has 0 aliphatic carbocycles. The van der Waals surface area contributed by atoms with E-state index in [1.54, 1.807) is 0 Å². The molecular formula is C17H32. The summed E-state index contributed by atoms with van der Waals surface area (Å²) < 4.78 is 0. The van der Waals surface area contributed by atoms with E-state index in [0.717, 1.165) is 0 Å². The summed E-state index contributed by atoms with van der Waals surface area (Å²) in [7, 11) is 0. The average molecular weight is 236 g/mol. The van der Waals surface area contributed by atoms with Gasteiger partial charge in [0, 0.05) is 0 Å². The molecule has 0 spiro atoms. The Morgan fingerprint density at radius 1 is 0.471 bits per heavy atom. The summed E-state index contributed by atoms with van der Waals surface area (Å²) in [6.45, 7) is 4.50. The van der Waals surface area contributed by atoms with Crippen LogP contribution in [0.5, 0.6) is 0 Å². The molecule has 0 aliphatic heterocycles. The Hall–Kier alpha value is -0.520. The van der Waals surface area contributed by atoms with Crippen molar-refractivity contribution in [2.75, 3.05) is 0 Å². The van der Waals surface area contributed by atoms with Gasteiger partial charge in [0.1, 0.15) is 0 Å². The molecule has 0 aromatic carbocycles. The molecule has 0 nitrogen and oxygen atoms in total. The maximum absolute atomic E-state index is 2.38. The average Bonchev–Trinajstić information content (AvgIpc) is 2.35. The van der Waals surface area contributed by atoms with Gasteiger partial charge in [-0.15, -0.1) is 0 Å². The van der Waals surface area contributed by atoms with Gasteiger partial charge in [0.2, 0.25) is 0 Å². The Labute approximate surface area is 109 Å². The SMILES string of the molecule is CCC/C=C/CCCC/C=C/CCCCCC. The second-order valence-corrected chi connectivity index (χ2v) is 4.87. The molecule has 0 bridgehead atoms. The topological polar surface area (TPSA) is 0 Å². The highest BCUT2D eigenvalue weighted by Crippen LogP contribution is 2.06. The molecule has 0 aromatic heterocycles. The smallest absolute Gasteiger partial charge is 0.0351 e. The monoisotopic (exact) mass is 236 g/mol. The summed E-state index contributed by atoms with van der Waals surface area (Å²) >= 11 is 0. The van der Waals surface area contributed by atoms with E-state index in [9.17, 15) is 0 Å². The first-order valence-corrected chi connectivity index (χ1v) is 7.71. The minimum absolute atomic E-state index is 1.25. The van der Waals surface area contributed by atoms with Crippen LogP contribution in [0.1, 0.15) is 84.5 Å². The first-order chi connectivity index (χ1) is 8.41. The molecule has 0 aromatic rings. The second kappa shape index (κ2) is 15.5. The van der Waals surface area contributed by atoms with E-state index < -0.39 is 0 Å². The van der Waals surface area contributed by atoms with Crippen molar-refractivity contribution in [2.24, 2.45) is 0 Å². The van der Waals surface area contributed by atoms with Crippen LogP contribution in [0, 0.1) is 0 Å². The molecular weight excluding hydrogens is 204 g/mol. The van der Waals surface area contributed by atoms with Crippen LogP contribution in [0.15, 0.2) is 24.3 Å². The summed E-state index contributed by atoms with van der Waals surface area (Å²) in [5.41, 5.74) is 0. The lowest BCUT2D eigenvalue weighted by molar-refractivity contribution is 0.673. The fraction of sp³-hybridized carbons (Fsp3) is 0.765. The molecule has 0 heteroatoms. The van der Waals surface area contributed by atoms with Crippen LogP contribution in [0.3, 0.4) is 0 Å². The van der Waals surface area contributed by atoms with Crippen molar-refractivity contribution in [3.8, 4) is 0 Å². The number of rotatable bonds is 12. The minimum Gasteiger partial charge on any atom is -0.0885 e. The molecule has 0 heterocycles. The van der Waals surface area contributed by atoms with Crippen molar-refractivity contribution in [2.45, 2.75) is 84.5 Å². The molecule has 0 amide bonds. The molecule has 0 atom stereocenters. The summed E-state index contributed by atoms with van der Waals surface area (Å²) in [6.07, 6.45) is 24.0. The Balaban J connectivity index is 3.08. The van der Waals surface area contributed by atoms with Crippen LogP contribution in [-0.2, 0) is 0 Å². The molecule has 100 valence electrons. The first kappa shape index (κ1) is 16.5. The quantitative estimate of drug-likeness (QED) is 0.270. The standard InChI is InChI=1S/C17H32/c1-3-5-7-9-11-13-15-17-16-14-12-10-8-6-4-2/h7,9,14,16H,3-6,8,10-13,15,17H2,1-2H3/b9-7+,16-14+. The van der Waals surface area contributed by atoms with Gasteiger partial charge in [0.25, 0.3) is 0 Å². The molecule has 0 unspecified atom stereocenters. The zero-order valence-corrected chi connectivity index (χ0v) is 12.1. The molecule has 0 radical (unpaired) electrons. The van der Waals surface area contributed by atoms with Crippen LogP contribution in [0.2, 0.25) is 0 Å². The summed E-state index contributed by atoms with van der Waals surface area (Å²) in [5, 5.41) is 0. The van der Waals surface area contributed by atoms with Crippen molar-refractivity contribution in [1.29, 1.82) is 0 Å². The van der Waals surface area contributed by atoms with Gasteiger partial charge in [-0.2, -0.15) is 0 Å². The Morgan fingerprint density at radius 3 is 1.41 bits per heavy atom. The fourth-order valence-corrected chi connectivity index (χ4v) is 1.85. The Morgan fingerprint density at radius 2 is 0.941 bits per heavy atom. The molecule has 0 saturated carbocycles. The largest absolute Gasteiger partial charge is 0.0885 e. The predicted octanol–water partition coefficient (Wildman–Crippen LogP) is 6.43. The molecule has 0 fully saturated rings. The first-order valence-electron chi connectivity index (χ1n) is 7.71. The lowest BCUT2D eigenvalue weighted by Gasteiger charge is -1.95. The van der Waals surface area contributed by atoms with E-state index in [1.807, 2.05) is 0 Å². The summed E-state index contributed by atoms with van der Waals surface area (Å²) in [5.74, 6) is 0. The van der Waals surface area contributed by atoms with Crippen molar-refractivity contribution >= 4 is 0 Å². The van der Waals surface area contributed by atoms with E-state index in [2.05, 4.69) is 38.2 Å². The zero-order valence-electron chi connectivity index (χ0n) is 12.1. The number of unbranched alkanes of at least 4 members (excludes halogenated alkanes) is 8. The predicted molar refractivity (Wildman–Crippen MR) is 80.4 cm³/mol. The number of hydrogen-bond donors (Lipinski definition) is 0. The fourth-order valence-electron chi connectivity index (χ4n) is 1.85. The van der Waals surface area contributed by atoms with Gasteiger partial charge in [-0.25, -0.2) is 0 Å². The van der Waals surface area contributed by atoms with Gasteiger partial charge >= 0.3 is 0 Å². The van der Waals surface area contributed by atoms with Crippen molar-refractivity contribution in [3.63, 3.8) is 0 Å². The van der Waals surface area contributed by atoms with E-state index >= 15 is 0 Å². The van der Waals surface area contributed by atoms with Crippen LogP contribution in [0.4, 0.5) is 0 Å². The third kappa shape index (κ3) is 15.5. The maximum Gasteiger partial charge on any atom is -0.0351 e. The normalized spacial score (nSPS) is 11.9. The van der Waals surface area contributed by atoms with E-state index in [-0.39, 0.29) is 0 Å². The lowest BCUT2D eigenvalue weighted by Crippen LogP contribution is -1.75. The van der Waals surface area contributed by atoms with E-state index in [4.69, 9.17) is 0 Å².